The number of anilines is 1. The average Bonchev–Trinajstić information content (AvgIpc) is 3.41. The molecule has 0 bridgehead atoms. The van der Waals surface area contributed by atoms with E-state index in [1.807, 2.05) is 34.6 Å². The van der Waals surface area contributed by atoms with Crippen LogP contribution >= 0.6 is 0 Å². The van der Waals surface area contributed by atoms with E-state index in [1.54, 1.807) is 4.90 Å². The number of primary amides is 1. The normalized spacial score (nSPS) is 17.6. The first-order valence-electron chi connectivity index (χ1n) is 16.7. The van der Waals surface area contributed by atoms with E-state index in [1.165, 1.54) is 24.5 Å². The first-order valence-corrected chi connectivity index (χ1v) is 16.7. The predicted octanol–water partition coefficient (Wildman–Crippen LogP) is 4.43. The molecule has 2 aliphatic rings. The Hall–Kier alpha value is -3.38. The summed E-state index contributed by atoms with van der Waals surface area (Å²) in [5, 5.41) is 8.22. The number of rotatable bonds is 15. The third kappa shape index (κ3) is 8.31. The summed E-state index contributed by atoms with van der Waals surface area (Å²) in [6.07, 6.45) is 4.61. The van der Waals surface area contributed by atoms with Gasteiger partial charge in [-0.1, -0.05) is 20.8 Å². The lowest BCUT2D eigenvalue weighted by Crippen LogP contribution is -2.62. The quantitative estimate of drug-likeness (QED) is 0.301. The highest BCUT2D eigenvalue weighted by Crippen LogP contribution is 2.44. The molecule has 0 radical (unpaired) electrons. The largest absolute Gasteiger partial charge is 0.434 e. The fraction of sp³-hybridized carbons (Fsp3) is 0.676. The lowest BCUT2D eigenvalue weighted by atomic mass is 9.76. The summed E-state index contributed by atoms with van der Waals surface area (Å²) in [5.74, 6) is 0.307. The number of aromatic nitrogens is 3. The number of hydrogen-bond acceptors (Lipinski definition) is 9. The second kappa shape index (κ2) is 15.0. The number of benzene rings is 1. The molecular formula is C34H53FN8O3. The molecule has 2 saturated heterocycles. The zero-order valence-corrected chi connectivity index (χ0v) is 28.9. The summed E-state index contributed by atoms with van der Waals surface area (Å²) >= 11 is 0. The van der Waals surface area contributed by atoms with Crippen LogP contribution in [0.1, 0.15) is 78.1 Å². The van der Waals surface area contributed by atoms with Crippen LogP contribution in [0, 0.1) is 23.1 Å². The first-order chi connectivity index (χ1) is 21.7. The molecule has 1 unspecified atom stereocenters. The van der Waals surface area contributed by atoms with Crippen molar-refractivity contribution in [2.45, 2.75) is 85.9 Å². The molecule has 4 rings (SSSR count). The molecule has 1 aromatic carbocycles. The van der Waals surface area contributed by atoms with E-state index in [0.717, 1.165) is 52.0 Å². The standard InChI is InChI=1S/C34H53FN8O3/c1-22(2)28(10-9-14-40(8)17-25(7)30(36)44)42-19-34(20-42)13-15-41(18-34)31-32(39-38-21-37-31)46-29-12-11-26(35)16-27(29)33(45)43(23(3)4)24(5)6/h11-12,16,21-25,28H,9-10,13-15,17-20H2,1-8H3,(H2,36,44)/t25-,28?/m0/s1. The molecule has 0 aliphatic carbocycles. The molecule has 46 heavy (non-hydrogen) atoms. The van der Waals surface area contributed by atoms with Crippen LogP contribution < -0.4 is 15.4 Å². The molecule has 0 saturated carbocycles. The molecule has 3 heterocycles. The Labute approximate surface area is 273 Å². The molecule has 1 aromatic heterocycles. The van der Waals surface area contributed by atoms with Crippen molar-refractivity contribution in [2.24, 2.45) is 23.0 Å². The minimum Gasteiger partial charge on any atom is -0.434 e. The van der Waals surface area contributed by atoms with Gasteiger partial charge in [-0.2, -0.15) is 0 Å². The Morgan fingerprint density at radius 3 is 2.41 bits per heavy atom. The Morgan fingerprint density at radius 1 is 1.09 bits per heavy atom. The van der Waals surface area contributed by atoms with Crippen molar-refractivity contribution < 1.29 is 18.7 Å². The SMILES string of the molecule is CC(C)C(CCCN(C)C[C@H](C)C(N)=O)N1CC2(CCN(c3ncnnc3Oc3ccc(F)cc3C(=O)N(C(C)C)C(C)C)C2)C1. The Morgan fingerprint density at radius 2 is 1.78 bits per heavy atom. The van der Waals surface area contributed by atoms with Gasteiger partial charge in [0.25, 0.3) is 11.8 Å². The number of amides is 2. The molecule has 2 fully saturated rings. The first kappa shape index (κ1) is 35.5. The summed E-state index contributed by atoms with van der Waals surface area (Å²) in [4.78, 5) is 38.2. The number of halogens is 1. The van der Waals surface area contributed by atoms with Gasteiger partial charge >= 0.3 is 0 Å². The van der Waals surface area contributed by atoms with Gasteiger partial charge in [-0.15, -0.1) is 10.2 Å². The number of carbonyl (C=O) groups is 2. The summed E-state index contributed by atoms with van der Waals surface area (Å²) in [6, 6.07) is 4.31. The lowest BCUT2D eigenvalue weighted by molar-refractivity contribution is -0.121. The summed E-state index contributed by atoms with van der Waals surface area (Å²) in [6.45, 7) is 19.5. The Balaban J connectivity index is 1.41. The maximum Gasteiger partial charge on any atom is 0.282 e. The van der Waals surface area contributed by atoms with Gasteiger partial charge in [0.1, 0.15) is 17.9 Å². The predicted molar refractivity (Wildman–Crippen MR) is 177 cm³/mol. The number of nitrogens with zero attached hydrogens (tertiary/aromatic N) is 7. The monoisotopic (exact) mass is 640 g/mol. The van der Waals surface area contributed by atoms with Crippen LogP contribution in [0.4, 0.5) is 10.2 Å². The topological polar surface area (TPSA) is 121 Å². The van der Waals surface area contributed by atoms with Gasteiger partial charge in [-0.05, 0) is 84.7 Å². The molecule has 1 spiro atoms. The van der Waals surface area contributed by atoms with E-state index in [9.17, 15) is 14.0 Å². The number of ether oxygens (including phenoxy) is 1. The number of nitrogens with two attached hydrogens (primary N) is 1. The van der Waals surface area contributed by atoms with Crippen molar-refractivity contribution in [3.63, 3.8) is 0 Å². The third-order valence-electron chi connectivity index (χ3n) is 9.46. The lowest BCUT2D eigenvalue weighted by Gasteiger charge is -2.53. The van der Waals surface area contributed by atoms with Crippen LogP contribution in [0.15, 0.2) is 24.5 Å². The maximum atomic E-state index is 14.4. The molecule has 2 atom stereocenters. The minimum atomic E-state index is -0.513. The van der Waals surface area contributed by atoms with Crippen LogP contribution in [0.5, 0.6) is 11.6 Å². The van der Waals surface area contributed by atoms with Crippen LogP contribution in [0.25, 0.3) is 0 Å². The highest BCUT2D eigenvalue weighted by atomic mass is 19.1. The van der Waals surface area contributed by atoms with E-state index in [2.05, 4.69) is 50.8 Å². The van der Waals surface area contributed by atoms with Gasteiger partial charge in [-0.3, -0.25) is 14.5 Å². The van der Waals surface area contributed by atoms with E-state index >= 15 is 0 Å². The van der Waals surface area contributed by atoms with Crippen molar-refractivity contribution in [3.8, 4) is 11.6 Å². The van der Waals surface area contributed by atoms with Crippen molar-refractivity contribution >= 4 is 17.6 Å². The van der Waals surface area contributed by atoms with Crippen molar-refractivity contribution in [3.05, 3.63) is 35.9 Å². The molecule has 11 nitrogen and oxygen atoms in total. The van der Waals surface area contributed by atoms with Gasteiger partial charge in [-0.25, -0.2) is 9.37 Å². The van der Waals surface area contributed by atoms with Gasteiger partial charge in [0, 0.05) is 62.2 Å². The summed E-state index contributed by atoms with van der Waals surface area (Å²) in [7, 11) is 2.05. The zero-order chi connectivity index (χ0) is 33.8. The highest BCUT2D eigenvalue weighted by Gasteiger charge is 2.50. The van der Waals surface area contributed by atoms with E-state index in [4.69, 9.17) is 10.5 Å². The molecule has 2 aliphatic heterocycles. The summed E-state index contributed by atoms with van der Waals surface area (Å²) < 4.78 is 20.6. The third-order valence-corrected chi connectivity index (χ3v) is 9.46. The highest BCUT2D eigenvalue weighted by molar-refractivity contribution is 5.97. The van der Waals surface area contributed by atoms with Crippen molar-refractivity contribution in [1.29, 1.82) is 0 Å². The van der Waals surface area contributed by atoms with Crippen LogP contribution in [-0.4, -0.2) is 106 Å². The van der Waals surface area contributed by atoms with Crippen molar-refractivity contribution in [2.75, 3.05) is 51.2 Å². The van der Waals surface area contributed by atoms with Gasteiger partial charge in [0.05, 0.1) is 5.56 Å². The summed E-state index contributed by atoms with van der Waals surface area (Å²) in [5.41, 5.74) is 5.74. The molecular weight excluding hydrogens is 587 g/mol. The molecule has 2 N–H and O–H groups in total. The minimum absolute atomic E-state index is 0.0751. The van der Waals surface area contributed by atoms with Gasteiger partial charge in [0.2, 0.25) is 5.91 Å². The van der Waals surface area contributed by atoms with E-state index in [-0.39, 0.29) is 52.4 Å². The van der Waals surface area contributed by atoms with Crippen LogP contribution in [0.3, 0.4) is 0 Å². The number of likely N-dealkylation sites (tertiary alicyclic amines) is 1. The van der Waals surface area contributed by atoms with Crippen LogP contribution in [-0.2, 0) is 4.79 Å². The fourth-order valence-electron chi connectivity index (χ4n) is 7.19. The second-order valence-corrected chi connectivity index (χ2v) is 14.3. The number of hydrogen-bond donors (Lipinski definition) is 1. The van der Waals surface area contributed by atoms with Gasteiger partial charge < -0.3 is 25.2 Å². The molecule has 2 amide bonds. The Bertz CT molecular complexity index is 1340. The smallest absolute Gasteiger partial charge is 0.282 e. The Kier molecular flexibility index (Phi) is 11.6. The van der Waals surface area contributed by atoms with E-state index < -0.39 is 5.82 Å². The second-order valence-electron chi connectivity index (χ2n) is 14.3. The van der Waals surface area contributed by atoms with E-state index in [0.29, 0.717) is 24.3 Å². The maximum absolute atomic E-state index is 14.4. The molecule has 2 aromatic rings. The molecule has 12 heteroatoms. The average molecular weight is 641 g/mol. The van der Waals surface area contributed by atoms with Crippen molar-refractivity contribution in [1.82, 2.24) is 29.9 Å². The van der Waals surface area contributed by atoms with Crippen LogP contribution in [0.2, 0.25) is 0 Å². The molecule has 254 valence electrons. The zero-order valence-electron chi connectivity index (χ0n) is 28.9. The van der Waals surface area contributed by atoms with Gasteiger partial charge in [0.15, 0.2) is 5.82 Å². The number of carbonyl (C=O) groups excluding carboxylic acids is 2. The fourth-order valence-corrected chi connectivity index (χ4v) is 7.19.